The summed E-state index contributed by atoms with van der Waals surface area (Å²) in [6, 6.07) is 0. The summed E-state index contributed by atoms with van der Waals surface area (Å²) in [6.45, 7) is 8.64. The van der Waals surface area contributed by atoms with Crippen LogP contribution in [0.4, 0.5) is 0 Å². The van der Waals surface area contributed by atoms with Gasteiger partial charge >= 0.3 is 11.9 Å². The number of aliphatic carboxylic acids is 2. The molecule has 2 saturated carbocycles. The van der Waals surface area contributed by atoms with Gasteiger partial charge in [-0.25, -0.2) is 0 Å². The second kappa shape index (κ2) is 7.09. The van der Waals surface area contributed by atoms with Gasteiger partial charge in [0.05, 0.1) is 0 Å². The van der Waals surface area contributed by atoms with Crippen molar-refractivity contribution in [3.05, 3.63) is 0 Å². The number of carboxylic acid groups (broad SMARTS) is 2. The van der Waals surface area contributed by atoms with Gasteiger partial charge in [0, 0.05) is 12.8 Å². The van der Waals surface area contributed by atoms with Gasteiger partial charge < -0.3 is 10.2 Å². The minimum absolute atomic E-state index is 0.378. The van der Waals surface area contributed by atoms with Crippen LogP contribution in [0, 0.1) is 35.5 Å². The van der Waals surface area contributed by atoms with Crippen molar-refractivity contribution >= 4 is 11.9 Å². The van der Waals surface area contributed by atoms with Gasteiger partial charge in [-0.3, -0.25) is 9.59 Å². The Labute approximate surface area is 121 Å². The van der Waals surface area contributed by atoms with Crippen LogP contribution in [-0.2, 0) is 9.59 Å². The highest BCUT2D eigenvalue weighted by molar-refractivity contribution is 5.67. The fraction of sp³-hybridized carbons (Fsp3) is 0.875. The monoisotopic (exact) mass is 284 g/mol. The molecule has 116 valence electrons. The van der Waals surface area contributed by atoms with Crippen LogP contribution < -0.4 is 0 Å². The van der Waals surface area contributed by atoms with Crippen LogP contribution in [-0.4, -0.2) is 22.2 Å². The molecule has 4 nitrogen and oxygen atoms in total. The lowest BCUT2D eigenvalue weighted by Crippen LogP contribution is -1.99. The summed E-state index contributed by atoms with van der Waals surface area (Å²) in [4.78, 5) is 20.4. The zero-order valence-electron chi connectivity index (χ0n) is 13.0. The molecule has 0 radical (unpaired) electrons. The van der Waals surface area contributed by atoms with Crippen molar-refractivity contribution < 1.29 is 19.8 Å². The highest BCUT2D eigenvalue weighted by atomic mass is 16.4. The lowest BCUT2D eigenvalue weighted by molar-refractivity contribution is -0.138. The molecule has 2 rings (SSSR count). The maximum atomic E-state index is 10.2. The second-order valence-corrected chi connectivity index (χ2v) is 7.00. The summed E-state index contributed by atoms with van der Waals surface area (Å²) in [5.41, 5.74) is 0. The lowest BCUT2D eigenvalue weighted by atomic mass is 10.1. The first-order valence-electron chi connectivity index (χ1n) is 7.65. The minimum Gasteiger partial charge on any atom is -0.481 e. The Morgan fingerprint density at radius 3 is 1.30 bits per heavy atom. The van der Waals surface area contributed by atoms with E-state index in [0.29, 0.717) is 48.3 Å². The number of carbonyl (C=O) groups is 2. The molecule has 0 saturated heterocycles. The molecular formula is C16H28O4. The van der Waals surface area contributed by atoms with Gasteiger partial charge in [-0.2, -0.15) is 0 Å². The van der Waals surface area contributed by atoms with Crippen molar-refractivity contribution in [2.45, 2.75) is 53.4 Å². The van der Waals surface area contributed by atoms with E-state index in [9.17, 15) is 9.59 Å². The van der Waals surface area contributed by atoms with E-state index in [0.717, 1.165) is 12.8 Å². The van der Waals surface area contributed by atoms with Crippen molar-refractivity contribution in [3.63, 3.8) is 0 Å². The normalized spacial score (nSPS) is 30.7. The van der Waals surface area contributed by atoms with E-state index in [1.165, 1.54) is 0 Å². The summed E-state index contributed by atoms with van der Waals surface area (Å²) < 4.78 is 0. The van der Waals surface area contributed by atoms with Gasteiger partial charge in [0.1, 0.15) is 0 Å². The van der Waals surface area contributed by atoms with Crippen molar-refractivity contribution in [1.29, 1.82) is 0 Å². The lowest BCUT2D eigenvalue weighted by Gasteiger charge is -1.99. The average Bonchev–Trinajstić information content (AvgIpc) is 3.12. The van der Waals surface area contributed by atoms with E-state index in [4.69, 9.17) is 10.2 Å². The number of rotatable bonds is 6. The molecule has 2 fully saturated rings. The van der Waals surface area contributed by atoms with Crippen molar-refractivity contribution in [1.82, 2.24) is 0 Å². The molecular weight excluding hydrogens is 256 g/mol. The molecule has 0 aliphatic heterocycles. The van der Waals surface area contributed by atoms with Gasteiger partial charge in [0.15, 0.2) is 0 Å². The second-order valence-electron chi connectivity index (χ2n) is 7.00. The topological polar surface area (TPSA) is 74.6 Å². The van der Waals surface area contributed by atoms with Crippen molar-refractivity contribution in [3.8, 4) is 0 Å². The summed E-state index contributed by atoms with van der Waals surface area (Å²) >= 11 is 0. The SMILES string of the molecule is CC(C)C1CC1CC(=O)O.CC(C)C1CC1CC(=O)O. The van der Waals surface area contributed by atoms with E-state index in [2.05, 4.69) is 27.7 Å². The molecule has 0 bridgehead atoms. The van der Waals surface area contributed by atoms with E-state index in [1.807, 2.05) is 0 Å². The molecule has 2 aliphatic rings. The Bertz CT molecular complexity index is 314. The van der Waals surface area contributed by atoms with Crippen LogP contribution in [0.15, 0.2) is 0 Å². The van der Waals surface area contributed by atoms with Gasteiger partial charge in [-0.15, -0.1) is 0 Å². The smallest absolute Gasteiger partial charge is 0.303 e. The third kappa shape index (κ3) is 5.93. The maximum absolute atomic E-state index is 10.2. The van der Waals surface area contributed by atoms with E-state index in [1.54, 1.807) is 0 Å². The van der Waals surface area contributed by atoms with Gasteiger partial charge in [-0.05, 0) is 48.3 Å². The summed E-state index contributed by atoms with van der Waals surface area (Å²) in [5, 5.41) is 16.8. The molecule has 0 aromatic carbocycles. The predicted molar refractivity (Wildman–Crippen MR) is 77.4 cm³/mol. The van der Waals surface area contributed by atoms with Crippen molar-refractivity contribution in [2.75, 3.05) is 0 Å². The fourth-order valence-electron chi connectivity index (χ4n) is 3.09. The van der Waals surface area contributed by atoms with Gasteiger partial charge in [0.25, 0.3) is 0 Å². The molecule has 0 amide bonds. The molecule has 0 aromatic rings. The summed E-state index contributed by atoms with van der Waals surface area (Å²) in [6.07, 6.45) is 3.01. The Morgan fingerprint density at radius 1 is 0.850 bits per heavy atom. The van der Waals surface area contributed by atoms with Crippen molar-refractivity contribution in [2.24, 2.45) is 35.5 Å². The molecule has 2 N–H and O–H groups in total. The quantitative estimate of drug-likeness (QED) is 0.782. The molecule has 2 aliphatic carbocycles. The van der Waals surface area contributed by atoms with E-state index in [-0.39, 0.29) is 0 Å². The third-order valence-corrected chi connectivity index (χ3v) is 4.54. The predicted octanol–water partition coefficient (Wildman–Crippen LogP) is 3.51. The Kier molecular flexibility index (Phi) is 6.03. The van der Waals surface area contributed by atoms with Crippen LogP contribution >= 0.6 is 0 Å². The molecule has 4 atom stereocenters. The first-order chi connectivity index (χ1) is 9.22. The number of hydrogen-bond acceptors (Lipinski definition) is 2. The van der Waals surface area contributed by atoms with Crippen LogP contribution in [0.25, 0.3) is 0 Å². The molecule has 0 heterocycles. The highest BCUT2D eigenvalue weighted by Gasteiger charge is 2.40. The Hall–Kier alpha value is -1.06. The first kappa shape index (κ1) is 17.0. The molecule has 4 unspecified atom stereocenters. The zero-order chi connectivity index (χ0) is 15.4. The molecule has 0 spiro atoms. The zero-order valence-corrected chi connectivity index (χ0v) is 13.0. The average molecular weight is 284 g/mol. The van der Waals surface area contributed by atoms with Crippen LogP contribution in [0.5, 0.6) is 0 Å². The highest BCUT2D eigenvalue weighted by Crippen LogP contribution is 2.46. The van der Waals surface area contributed by atoms with E-state index >= 15 is 0 Å². The van der Waals surface area contributed by atoms with Crippen LogP contribution in [0.2, 0.25) is 0 Å². The Morgan fingerprint density at radius 2 is 1.15 bits per heavy atom. The van der Waals surface area contributed by atoms with E-state index < -0.39 is 11.9 Å². The third-order valence-electron chi connectivity index (χ3n) is 4.54. The Balaban J connectivity index is 0.000000200. The summed E-state index contributed by atoms with van der Waals surface area (Å²) in [7, 11) is 0. The largest absolute Gasteiger partial charge is 0.481 e. The van der Waals surface area contributed by atoms with Crippen LogP contribution in [0.3, 0.4) is 0 Å². The van der Waals surface area contributed by atoms with Gasteiger partial charge in [-0.1, -0.05) is 27.7 Å². The first-order valence-corrected chi connectivity index (χ1v) is 7.65. The molecule has 20 heavy (non-hydrogen) atoms. The fourth-order valence-corrected chi connectivity index (χ4v) is 3.09. The van der Waals surface area contributed by atoms with Crippen LogP contribution in [0.1, 0.15) is 53.4 Å². The maximum Gasteiger partial charge on any atom is 0.303 e. The number of hydrogen-bond donors (Lipinski definition) is 2. The summed E-state index contributed by atoms with van der Waals surface area (Å²) in [5.74, 6) is 2.40. The minimum atomic E-state index is -0.645. The standard InChI is InChI=1S/2C8H14O2/c2*1-5(2)7-3-6(7)4-8(9)10/h2*5-7H,3-4H2,1-2H3,(H,9,10). The van der Waals surface area contributed by atoms with Gasteiger partial charge in [0.2, 0.25) is 0 Å². The number of carboxylic acids is 2. The molecule has 0 aromatic heterocycles. The molecule has 4 heteroatoms.